The van der Waals surface area contributed by atoms with Crippen LogP contribution in [0.1, 0.15) is 0 Å². The van der Waals surface area contributed by atoms with Gasteiger partial charge < -0.3 is 0 Å². The lowest BCUT2D eigenvalue weighted by Crippen LogP contribution is -2.06. The van der Waals surface area contributed by atoms with Crippen LogP contribution in [0.15, 0.2) is 170 Å². The highest BCUT2D eigenvalue weighted by Gasteiger charge is 2.20. The number of rotatable bonds is 5. The van der Waals surface area contributed by atoms with Crippen LogP contribution >= 0.6 is 11.3 Å². The Kier molecular flexibility index (Phi) is 6.64. The number of fused-ring (bicyclic) bond motifs is 6. The minimum atomic E-state index is 0.588. The van der Waals surface area contributed by atoms with Gasteiger partial charge in [-0.15, -0.1) is 11.3 Å². The predicted molar refractivity (Wildman–Crippen MR) is 209 cm³/mol. The highest BCUT2D eigenvalue weighted by molar-refractivity contribution is 7.25. The number of benzene rings is 7. The first-order valence-corrected chi connectivity index (χ1v) is 17.5. The molecule has 0 aliphatic carbocycles. The Morgan fingerprint density at radius 2 is 0.920 bits per heavy atom. The maximum Gasteiger partial charge on any atom is 0.238 e. The summed E-state index contributed by atoms with van der Waals surface area (Å²) in [5.41, 5.74) is 8.61. The van der Waals surface area contributed by atoms with Crippen LogP contribution < -0.4 is 0 Å². The second kappa shape index (κ2) is 11.6. The summed E-state index contributed by atoms with van der Waals surface area (Å²) < 4.78 is 4.77. The molecule has 7 aromatic carbocycles. The van der Waals surface area contributed by atoms with Gasteiger partial charge in [-0.2, -0.15) is 9.97 Å². The Morgan fingerprint density at radius 1 is 0.340 bits per heavy atom. The van der Waals surface area contributed by atoms with Gasteiger partial charge in [-0.25, -0.2) is 4.98 Å². The van der Waals surface area contributed by atoms with Crippen molar-refractivity contribution in [2.45, 2.75) is 0 Å². The molecule has 3 heterocycles. The van der Waals surface area contributed by atoms with E-state index in [0.29, 0.717) is 17.6 Å². The topological polar surface area (TPSA) is 43.6 Å². The minimum absolute atomic E-state index is 0.588. The third kappa shape index (κ3) is 4.79. The number of nitrogens with zero attached hydrogens (tertiary/aromatic N) is 4. The maximum absolute atomic E-state index is 5.26. The van der Waals surface area contributed by atoms with E-state index >= 15 is 0 Å². The fraction of sp³-hybridized carbons (Fsp3) is 0. The van der Waals surface area contributed by atoms with E-state index in [4.69, 9.17) is 15.0 Å². The zero-order valence-corrected chi connectivity index (χ0v) is 27.7. The van der Waals surface area contributed by atoms with Crippen LogP contribution in [0.5, 0.6) is 0 Å². The van der Waals surface area contributed by atoms with Crippen molar-refractivity contribution in [1.82, 2.24) is 19.5 Å². The molecule has 0 spiro atoms. The summed E-state index contributed by atoms with van der Waals surface area (Å²) >= 11 is 1.84. The molecule has 3 aromatic heterocycles. The summed E-state index contributed by atoms with van der Waals surface area (Å²) in [7, 11) is 0. The average molecular weight is 657 g/mol. The van der Waals surface area contributed by atoms with Crippen LogP contribution in [0.4, 0.5) is 0 Å². The van der Waals surface area contributed by atoms with E-state index in [9.17, 15) is 0 Å². The molecule has 0 bridgehead atoms. The van der Waals surface area contributed by atoms with Gasteiger partial charge in [0.1, 0.15) is 0 Å². The number of hydrogen-bond acceptors (Lipinski definition) is 4. The van der Waals surface area contributed by atoms with E-state index in [1.54, 1.807) is 0 Å². The molecule has 0 aliphatic heterocycles. The molecule has 0 fully saturated rings. The van der Waals surface area contributed by atoms with E-state index in [0.717, 1.165) is 38.7 Å². The van der Waals surface area contributed by atoms with E-state index in [-0.39, 0.29) is 0 Å². The fourth-order valence-corrected chi connectivity index (χ4v) is 8.17. The molecule has 10 aromatic rings. The van der Waals surface area contributed by atoms with Gasteiger partial charge in [-0.1, -0.05) is 133 Å². The highest BCUT2D eigenvalue weighted by Crippen LogP contribution is 2.41. The molecule has 0 saturated heterocycles. The van der Waals surface area contributed by atoms with Crippen LogP contribution in [0.2, 0.25) is 0 Å². The first-order valence-electron chi connectivity index (χ1n) is 16.7. The minimum Gasteiger partial charge on any atom is -0.278 e. The summed E-state index contributed by atoms with van der Waals surface area (Å²) in [6, 6.07) is 59.7. The van der Waals surface area contributed by atoms with Gasteiger partial charge in [-0.05, 0) is 58.7 Å². The molecule has 10 rings (SSSR count). The summed E-state index contributed by atoms with van der Waals surface area (Å²) in [6.07, 6.45) is 0. The number of thiophene rings is 1. The zero-order valence-electron chi connectivity index (χ0n) is 26.9. The van der Waals surface area contributed by atoms with Crippen molar-refractivity contribution in [3.05, 3.63) is 170 Å². The molecular weight excluding hydrogens is 629 g/mol. The van der Waals surface area contributed by atoms with Crippen molar-refractivity contribution in [3.63, 3.8) is 0 Å². The van der Waals surface area contributed by atoms with Crippen LogP contribution in [0, 0.1) is 0 Å². The Morgan fingerprint density at radius 3 is 1.66 bits per heavy atom. The monoisotopic (exact) mass is 656 g/mol. The van der Waals surface area contributed by atoms with Crippen molar-refractivity contribution in [2.75, 3.05) is 0 Å². The zero-order chi connectivity index (χ0) is 33.0. The van der Waals surface area contributed by atoms with E-state index < -0.39 is 0 Å². The maximum atomic E-state index is 5.26. The summed E-state index contributed by atoms with van der Waals surface area (Å²) in [4.78, 5) is 15.5. The van der Waals surface area contributed by atoms with Crippen LogP contribution in [-0.2, 0) is 0 Å². The SMILES string of the molecule is c1ccc(-c2cccc(-c3nc(-c4ccccc4)nc(-n4c5ccc(-c6ccccc6)cc5c5cc6sc7ccccc7c6cc54)n3)c2)cc1. The van der Waals surface area contributed by atoms with Gasteiger partial charge in [0, 0.05) is 42.1 Å². The first-order chi connectivity index (χ1) is 24.8. The molecule has 0 atom stereocenters. The van der Waals surface area contributed by atoms with Crippen molar-refractivity contribution in [1.29, 1.82) is 0 Å². The molecule has 234 valence electrons. The molecule has 0 saturated carbocycles. The van der Waals surface area contributed by atoms with Gasteiger partial charge in [0.05, 0.1) is 11.0 Å². The quantitative estimate of drug-likeness (QED) is 0.185. The molecule has 0 amide bonds. The fourth-order valence-electron chi connectivity index (χ4n) is 7.04. The van der Waals surface area contributed by atoms with Gasteiger partial charge in [0.25, 0.3) is 0 Å². The van der Waals surface area contributed by atoms with E-state index in [1.807, 2.05) is 35.6 Å². The molecule has 5 heteroatoms. The molecule has 0 aliphatic rings. The Hall–Kier alpha value is -6.43. The summed E-state index contributed by atoms with van der Waals surface area (Å²) in [5.74, 6) is 1.85. The third-order valence-electron chi connectivity index (χ3n) is 9.45. The lowest BCUT2D eigenvalue weighted by molar-refractivity contribution is 0.954. The Bertz CT molecular complexity index is 2860. The number of hydrogen-bond donors (Lipinski definition) is 0. The standard InChI is InChI=1S/C45H28N4S/c1-4-13-29(14-5-1)32-19-12-20-34(25-32)44-46-43(31-17-8-3-9-18-31)47-45(48-44)49-39-24-23-33(30-15-6-2-7-16-30)26-36(39)37-28-42-38(27-40(37)49)35-21-10-11-22-41(35)50-42/h1-28H. The van der Waals surface area contributed by atoms with Crippen molar-refractivity contribution >= 4 is 53.3 Å². The lowest BCUT2D eigenvalue weighted by Gasteiger charge is -2.12. The second-order valence-electron chi connectivity index (χ2n) is 12.5. The van der Waals surface area contributed by atoms with Crippen molar-refractivity contribution in [2.24, 2.45) is 0 Å². The largest absolute Gasteiger partial charge is 0.278 e. The Balaban J connectivity index is 1.27. The predicted octanol–water partition coefficient (Wildman–Crippen LogP) is 12.0. The van der Waals surface area contributed by atoms with Crippen LogP contribution in [0.3, 0.4) is 0 Å². The molecule has 0 N–H and O–H groups in total. The highest BCUT2D eigenvalue weighted by atomic mass is 32.1. The average Bonchev–Trinajstić information content (AvgIpc) is 3.72. The van der Waals surface area contributed by atoms with Gasteiger partial charge in [-0.3, -0.25) is 4.57 Å². The van der Waals surface area contributed by atoms with E-state index in [1.165, 1.54) is 36.7 Å². The summed E-state index contributed by atoms with van der Waals surface area (Å²) in [6.45, 7) is 0. The van der Waals surface area contributed by atoms with E-state index in [2.05, 4.69) is 150 Å². The third-order valence-corrected chi connectivity index (χ3v) is 10.6. The normalized spacial score (nSPS) is 11.6. The Labute approximate surface area is 292 Å². The molecule has 0 radical (unpaired) electrons. The second-order valence-corrected chi connectivity index (χ2v) is 13.6. The first kappa shape index (κ1) is 28.6. The van der Waals surface area contributed by atoms with Crippen LogP contribution in [-0.4, -0.2) is 19.5 Å². The molecule has 0 unspecified atom stereocenters. The van der Waals surface area contributed by atoms with Crippen molar-refractivity contribution in [3.8, 4) is 51.0 Å². The summed E-state index contributed by atoms with van der Waals surface area (Å²) in [5, 5.41) is 4.83. The lowest BCUT2D eigenvalue weighted by atomic mass is 10.0. The van der Waals surface area contributed by atoms with Crippen LogP contribution in [0.25, 0.3) is 93.0 Å². The molecule has 4 nitrogen and oxygen atoms in total. The molecule has 50 heavy (non-hydrogen) atoms. The smallest absolute Gasteiger partial charge is 0.238 e. The van der Waals surface area contributed by atoms with Crippen molar-refractivity contribution < 1.29 is 0 Å². The van der Waals surface area contributed by atoms with Gasteiger partial charge >= 0.3 is 0 Å². The molecular formula is C45H28N4S. The number of aromatic nitrogens is 4. The van der Waals surface area contributed by atoms with Gasteiger partial charge in [0.2, 0.25) is 5.95 Å². The van der Waals surface area contributed by atoms with Gasteiger partial charge in [0.15, 0.2) is 11.6 Å².